The van der Waals surface area contributed by atoms with E-state index < -0.39 is 5.97 Å². The Hall–Kier alpha value is -1.79. The summed E-state index contributed by atoms with van der Waals surface area (Å²) in [4.78, 5) is 10.4. The number of carbonyl (C=O) groups is 1. The van der Waals surface area contributed by atoms with Gasteiger partial charge in [-0.1, -0.05) is 24.0 Å². The second kappa shape index (κ2) is 6.65. The van der Waals surface area contributed by atoms with Crippen molar-refractivity contribution >= 4 is 5.97 Å². The van der Waals surface area contributed by atoms with Crippen molar-refractivity contribution in [2.75, 3.05) is 6.54 Å². The zero-order valence-electron chi connectivity index (χ0n) is 9.07. The minimum absolute atomic E-state index is 0.165. The van der Waals surface area contributed by atoms with Crippen LogP contribution >= 0.6 is 0 Å². The Balaban J connectivity index is 2.55. The predicted octanol–water partition coefficient (Wildman–Crippen LogP) is 1.40. The average Bonchev–Trinajstić information content (AvgIpc) is 2.28. The van der Waals surface area contributed by atoms with Crippen LogP contribution in [0.4, 0.5) is 0 Å². The number of hydrogen-bond acceptors (Lipinski definition) is 2. The molecule has 0 heterocycles. The lowest BCUT2D eigenvalue weighted by molar-refractivity contribution is -0.136. The van der Waals surface area contributed by atoms with Gasteiger partial charge in [0.2, 0.25) is 0 Å². The van der Waals surface area contributed by atoms with Gasteiger partial charge in [-0.25, -0.2) is 0 Å². The molecular formula is C13H15NO2. The van der Waals surface area contributed by atoms with Gasteiger partial charge in [-0.3, -0.25) is 4.79 Å². The van der Waals surface area contributed by atoms with Crippen molar-refractivity contribution in [3.8, 4) is 11.8 Å². The zero-order chi connectivity index (χ0) is 11.8. The fraction of sp³-hybridized carbons (Fsp3) is 0.308. The number of aliphatic carboxylic acids is 1. The molecule has 0 amide bonds. The fourth-order valence-electron chi connectivity index (χ4n) is 1.24. The maximum absolute atomic E-state index is 10.4. The maximum atomic E-state index is 10.4. The van der Waals surface area contributed by atoms with Crippen LogP contribution in [0.25, 0.3) is 0 Å². The monoisotopic (exact) mass is 217 g/mol. The highest BCUT2D eigenvalue weighted by Gasteiger charge is 1.98. The van der Waals surface area contributed by atoms with E-state index >= 15 is 0 Å². The molecule has 0 saturated heterocycles. The van der Waals surface area contributed by atoms with E-state index in [0.29, 0.717) is 19.4 Å². The Morgan fingerprint density at radius 1 is 1.31 bits per heavy atom. The summed E-state index contributed by atoms with van der Waals surface area (Å²) in [7, 11) is 0. The second-order valence-corrected chi connectivity index (χ2v) is 3.43. The van der Waals surface area contributed by atoms with Crippen LogP contribution in [0, 0.1) is 11.8 Å². The highest BCUT2D eigenvalue weighted by molar-refractivity contribution is 5.67. The molecule has 0 spiro atoms. The first kappa shape index (κ1) is 12.3. The van der Waals surface area contributed by atoms with Gasteiger partial charge in [-0.15, -0.1) is 0 Å². The highest BCUT2D eigenvalue weighted by atomic mass is 16.4. The van der Waals surface area contributed by atoms with Crippen LogP contribution in [-0.4, -0.2) is 17.6 Å². The molecule has 0 radical (unpaired) electrons. The van der Waals surface area contributed by atoms with Crippen molar-refractivity contribution in [2.45, 2.75) is 19.3 Å². The van der Waals surface area contributed by atoms with Crippen LogP contribution in [0.1, 0.15) is 24.0 Å². The van der Waals surface area contributed by atoms with E-state index in [1.165, 1.54) is 0 Å². The molecule has 3 N–H and O–H groups in total. The number of nitrogens with two attached hydrogens (primary N) is 1. The summed E-state index contributed by atoms with van der Waals surface area (Å²) >= 11 is 0. The third-order valence-corrected chi connectivity index (χ3v) is 2.08. The van der Waals surface area contributed by atoms with E-state index in [9.17, 15) is 4.79 Å². The number of benzene rings is 1. The SMILES string of the molecule is NCCC#Cc1ccc(CCC(=O)O)cc1. The number of carboxylic acids is 1. The number of rotatable bonds is 4. The second-order valence-electron chi connectivity index (χ2n) is 3.43. The van der Waals surface area contributed by atoms with Crippen LogP contribution < -0.4 is 5.73 Å². The van der Waals surface area contributed by atoms with E-state index in [4.69, 9.17) is 10.8 Å². The molecule has 0 saturated carbocycles. The molecule has 16 heavy (non-hydrogen) atoms. The van der Waals surface area contributed by atoms with Crippen LogP contribution in [0.5, 0.6) is 0 Å². The first-order valence-electron chi connectivity index (χ1n) is 5.22. The molecule has 0 bridgehead atoms. The lowest BCUT2D eigenvalue weighted by Crippen LogP contribution is -1.97. The van der Waals surface area contributed by atoms with Gasteiger partial charge in [-0.05, 0) is 24.1 Å². The number of carboxylic acid groups (broad SMARTS) is 1. The normalized spacial score (nSPS) is 9.31. The van der Waals surface area contributed by atoms with Gasteiger partial charge < -0.3 is 10.8 Å². The predicted molar refractivity (Wildman–Crippen MR) is 62.9 cm³/mol. The van der Waals surface area contributed by atoms with Gasteiger partial charge in [0, 0.05) is 24.9 Å². The lowest BCUT2D eigenvalue weighted by Gasteiger charge is -1.98. The number of hydrogen-bond donors (Lipinski definition) is 2. The van der Waals surface area contributed by atoms with Crippen molar-refractivity contribution in [2.24, 2.45) is 5.73 Å². The van der Waals surface area contributed by atoms with E-state index in [1.54, 1.807) is 0 Å². The minimum Gasteiger partial charge on any atom is -0.481 e. The smallest absolute Gasteiger partial charge is 0.303 e. The lowest BCUT2D eigenvalue weighted by atomic mass is 10.1. The third-order valence-electron chi connectivity index (χ3n) is 2.08. The van der Waals surface area contributed by atoms with Crippen molar-refractivity contribution in [1.29, 1.82) is 0 Å². The summed E-state index contributed by atoms with van der Waals surface area (Å²) in [5, 5.41) is 8.54. The van der Waals surface area contributed by atoms with Crippen LogP contribution in [0.2, 0.25) is 0 Å². The molecule has 84 valence electrons. The molecule has 0 fully saturated rings. The molecule has 0 atom stereocenters. The van der Waals surface area contributed by atoms with Crippen LogP contribution in [0.15, 0.2) is 24.3 Å². The summed E-state index contributed by atoms with van der Waals surface area (Å²) in [5.74, 6) is 5.17. The maximum Gasteiger partial charge on any atom is 0.303 e. The topological polar surface area (TPSA) is 63.3 Å². The first-order valence-corrected chi connectivity index (χ1v) is 5.22. The zero-order valence-corrected chi connectivity index (χ0v) is 9.07. The Morgan fingerprint density at radius 2 is 2.00 bits per heavy atom. The summed E-state index contributed by atoms with van der Waals surface area (Å²) in [5.41, 5.74) is 7.28. The number of aryl methyl sites for hydroxylation is 1. The van der Waals surface area contributed by atoms with Gasteiger partial charge in [-0.2, -0.15) is 0 Å². The Kier molecular flexibility index (Phi) is 5.10. The summed E-state index contributed by atoms with van der Waals surface area (Å²) in [6, 6.07) is 7.63. The van der Waals surface area contributed by atoms with Crippen LogP contribution in [-0.2, 0) is 11.2 Å². The van der Waals surface area contributed by atoms with E-state index in [-0.39, 0.29) is 6.42 Å². The molecule has 0 aromatic heterocycles. The molecule has 1 aromatic carbocycles. The fourth-order valence-corrected chi connectivity index (χ4v) is 1.24. The summed E-state index contributed by atoms with van der Waals surface area (Å²) in [6.45, 7) is 0.573. The molecule has 1 aromatic rings. The van der Waals surface area contributed by atoms with Crippen LogP contribution in [0.3, 0.4) is 0 Å². The van der Waals surface area contributed by atoms with Crippen molar-refractivity contribution < 1.29 is 9.90 Å². The van der Waals surface area contributed by atoms with Crippen molar-refractivity contribution in [3.05, 3.63) is 35.4 Å². The highest BCUT2D eigenvalue weighted by Crippen LogP contribution is 2.05. The summed E-state index contributed by atoms with van der Waals surface area (Å²) in [6.07, 6.45) is 1.42. The molecule has 0 aliphatic heterocycles. The van der Waals surface area contributed by atoms with Gasteiger partial charge in [0.25, 0.3) is 0 Å². The minimum atomic E-state index is -0.771. The molecule has 0 aliphatic rings. The van der Waals surface area contributed by atoms with E-state index in [2.05, 4.69) is 11.8 Å². The van der Waals surface area contributed by atoms with E-state index in [0.717, 1.165) is 11.1 Å². The van der Waals surface area contributed by atoms with Crippen molar-refractivity contribution in [1.82, 2.24) is 0 Å². The molecular weight excluding hydrogens is 202 g/mol. The third kappa shape index (κ3) is 4.63. The molecule has 0 unspecified atom stereocenters. The van der Waals surface area contributed by atoms with Gasteiger partial charge in [0.15, 0.2) is 0 Å². The first-order chi connectivity index (χ1) is 7.72. The van der Waals surface area contributed by atoms with E-state index in [1.807, 2.05) is 24.3 Å². The molecule has 0 aliphatic carbocycles. The molecule has 3 nitrogen and oxygen atoms in total. The van der Waals surface area contributed by atoms with Gasteiger partial charge in [0.05, 0.1) is 0 Å². The Bertz CT molecular complexity index is 398. The van der Waals surface area contributed by atoms with Gasteiger partial charge >= 0.3 is 5.97 Å². The molecule has 3 heteroatoms. The summed E-state index contributed by atoms with van der Waals surface area (Å²) < 4.78 is 0. The Labute approximate surface area is 95.3 Å². The standard InChI is InChI=1S/C13H15NO2/c14-10-2-1-3-11-4-6-12(7-5-11)8-9-13(15)16/h4-7H,2,8-10,14H2,(H,15,16). The average molecular weight is 217 g/mol. The Morgan fingerprint density at radius 3 is 2.56 bits per heavy atom. The quantitative estimate of drug-likeness (QED) is 0.749. The van der Waals surface area contributed by atoms with Crippen molar-refractivity contribution in [3.63, 3.8) is 0 Å². The van der Waals surface area contributed by atoms with Gasteiger partial charge in [0.1, 0.15) is 0 Å². The molecule has 1 rings (SSSR count). The largest absolute Gasteiger partial charge is 0.481 e.